The summed E-state index contributed by atoms with van der Waals surface area (Å²) in [5, 5.41) is 9.77. The van der Waals surface area contributed by atoms with Gasteiger partial charge in [0.2, 0.25) is 5.91 Å². The molecule has 2 fully saturated rings. The third-order valence-corrected chi connectivity index (χ3v) is 5.25. The monoisotopic (exact) mass is 328 g/mol. The zero-order chi connectivity index (χ0) is 17.2. The van der Waals surface area contributed by atoms with Gasteiger partial charge in [-0.05, 0) is 24.9 Å². The lowest BCUT2D eigenvalue weighted by Crippen LogP contribution is -2.41. The van der Waals surface area contributed by atoms with Crippen LogP contribution in [-0.4, -0.2) is 59.5 Å². The highest BCUT2D eigenvalue weighted by molar-refractivity contribution is 5.92. The average Bonchev–Trinajstić information content (AvgIpc) is 3.05. The second kappa shape index (κ2) is 6.77. The van der Waals surface area contributed by atoms with Crippen molar-refractivity contribution in [1.82, 2.24) is 9.80 Å². The number of carboxylic acid groups (broad SMARTS) is 1. The molecule has 0 aliphatic carbocycles. The number of carbonyl (C=O) groups excluding carboxylic acids is 1. The SMILES string of the molecule is C=CCN1C[C@@]2(C(=O)O)CN(CCCc3ccccc3)C[C@H]2C1=O. The van der Waals surface area contributed by atoms with Crippen LogP contribution in [0.5, 0.6) is 0 Å². The van der Waals surface area contributed by atoms with E-state index in [1.54, 1.807) is 11.0 Å². The van der Waals surface area contributed by atoms with Crippen LogP contribution < -0.4 is 0 Å². The first-order valence-corrected chi connectivity index (χ1v) is 8.46. The molecule has 2 saturated heterocycles. The van der Waals surface area contributed by atoms with Gasteiger partial charge in [0.1, 0.15) is 5.41 Å². The molecule has 1 aromatic carbocycles. The van der Waals surface area contributed by atoms with Gasteiger partial charge in [-0.1, -0.05) is 36.4 Å². The second-order valence-electron chi connectivity index (χ2n) is 6.85. The predicted octanol–water partition coefficient (Wildman–Crippen LogP) is 1.65. The number of benzene rings is 1. The molecule has 0 spiro atoms. The van der Waals surface area contributed by atoms with E-state index in [0.717, 1.165) is 19.4 Å². The number of amides is 1. The van der Waals surface area contributed by atoms with Gasteiger partial charge in [0, 0.05) is 26.2 Å². The molecule has 1 aromatic rings. The zero-order valence-corrected chi connectivity index (χ0v) is 13.9. The number of carboxylic acids is 1. The summed E-state index contributed by atoms with van der Waals surface area (Å²) in [6.45, 7) is 6.22. The van der Waals surface area contributed by atoms with Crippen molar-refractivity contribution < 1.29 is 14.7 Å². The van der Waals surface area contributed by atoms with Crippen LogP contribution >= 0.6 is 0 Å². The Morgan fingerprint density at radius 1 is 1.33 bits per heavy atom. The van der Waals surface area contributed by atoms with Gasteiger partial charge in [-0.15, -0.1) is 6.58 Å². The van der Waals surface area contributed by atoms with Crippen LogP contribution in [0.4, 0.5) is 0 Å². The van der Waals surface area contributed by atoms with Crippen molar-refractivity contribution in [2.75, 3.05) is 32.7 Å². The van der Waals surface area contributed by atoms with Gasteiger partial charge < -0.3 is 14.9 Å². The van der Waals surface area contributed by atoms with Gasteiger partial charge in [-0.25, -0.2) is 0 Å². The first kappa shape index (κ1) is 16.7. The molecule has 128 valence electrons. The minimum absolute atomic E-state index is 0.0390. The Hall–Kier alpha value is -2.14. The fraction of sp³-hybridized carbons (Fsp3) is 0.474. The van der Waals surface area contributed by atoms with E-state index >= 15 is 0 Å². The normalized spacial score (nSPS) is 26.6. The topological polar surface area (TPSA) is 60.9 Å². The Morgan fingerprint density at radius 2 is 2.08 bits per heavy atom. The minimum Gasteiger partial charge on any atom is -0.481 e. The fourth-order valence-electron chi connectivity index (χ4n) is 4.04. The number of rotatable bonds is 7. The number of hydrogen-bond donors (Lipinski definition) is 1. The summed E-state index contributed by atoms with van der Waals surface area (Å²) >= 11 is 0. The molecule has 24 heavy (non-hydrogen) atoms. The van der Waals surface area contributed by atoms with Crippen LogP contribution in [0.25, 0.3) is 0 Å². The molecule has 5 heteroatoms. The molecule has 2 aliphatic rings. The van der Waals surface area contributed by atoms with E-state index in [1.807, 2.05) is 18.2 Å². The average molecular weight is 328 g/mol. The highest BCUT2D eigenvalue weighted by Crippen LogP contribution is 2.43. The Kier molecular flexibility index (Phi) is 4.71. The van der Waals surface area contributed by atoms with Crippen LogP contribution in [0.3, 0.4) is 0 Å². The van der Waals surface area contributed by atoms with E-state index in [1.165, 1.54) is 5.56 Å². The van der Waals surface area contributed by atoms with Gasteiger partial charge >= 0.3 is 5.97 Å². The van der Waals surface area contributed by atoms with Crippen molar-refractivity contribution in [3.8, 4) is 0 Å². The first-order valence-electron chi connectivity index (χ1n) is 8.46. The van der Waals surface area contributed by atoms with Crippen LogP contribution in [-0.2, 0) is 16.0 Å². The quantitative estimate of drug-likeness (QED) is 0.773. The zero-order valence-electron chi connectivity index (χ0n) is 13.9. The molecule has 5 nitrogen and oxygen atoms in total. The van der Waals surface area contributed by atoms with Gasteiger partial charge in [0.25, 0.3) is 0 Å². The molecular formula is C19H24N2O3. The van der Waals surface area contributed by atoms with Gasteiger partial charge in [0.15, 0.2) is 0 Å². The molecule has 2 aliphatic heterocycles. The van der Waals surface area contributed by atoms with Crippen LogP contribution in [0, 0.1) is 11.3 Å². The molecule has 1 amide bonds. The van der Waals surface area contributed by atoms with Crippen LogP contribution in [0.15, 0.2) is 43.0 Å². The van der Waals surface area contributed by atoms with Gasteiger partial charge in [-0.3, -0.25) is 9.59 Å². The summed E-state index contributed by atoms with van der Waals surface area (Å²) in [6, 6.07) is 10.3. The highest BCUT2D eigenvalue weighted by atomic mass is 16.4. The largest absolute Gasteiger partial charge is 0.481 e. The van der Waals surface area contributed by atoms with E-state index in [-0.39, 0.29) is 5.91 Å². The summed E-state index contributed by atoms with van der Waals surface area (Å²) in [4.78, 5) is 28.2. The van der Waals surface area contributed by atoms with Crippen LogP contribution in [0.1, 0.15) is 12.0 Å². The number of hydrogen-bond acceptors (Lipinski definition) is 3. The van der Waals surface area contributed by atoms with E-state index in [0.29, 0.717) is 26.2 Å². The molecule has 2 heterocycles. The molecule has 0 unspecified atom stereocenters. The number of carbonyl (C=O) groups is 2. The predicted molar refractivity (Wildman–Crippen MR) is 91.5 cm³/mol. The molecule has 0 bridgehead atoms. The van der Waals surface area contributed by atoms with Crippen molar-refractivity contribution in [1.29, 1.82) is 0 Å². The number of likely N-dealkylation sites (tertiary alicyclic amines) is 2. The highest BCUT2D eigenvalue weighted by Gasteiger charge is 2.61. The van der Waals surface area contributed by atoms with E-state index < -0.39 is 17.3 Å². The molecule has 0 aromatic heterocycles. The third-order valence-electron chi connectivity index (χ3n) is 5.25. The maximum Gasteiger partial charge on any atom is 0.313 e. The van der Waals surface area contributed by atoms with Gasteiger partial charge in [-0.2, -0.15) is 0 Å². The number of fused-ring (bicyclic) bond motifs is 1. The van der Waals surface area contributed by atoms with Gasteiger partial charge in [0.05, 0.1) is 5.92 Å². The summed E-state index contributed by atoms with van der Waals surface area (Å²) < 4.78 is 0. The van der Waals surface area contributed by atoms with Crippen LogP contribution in [0.2, 0.25) is 0 Å². The smallest absolute Gasteiger partial charge is 0.313 e. The Bertz CT molecular complexity index is 631. The van der Waals surface area contributed by atoms with Crippen molar-refractivity contribution in [2.24, 2.45) is 11.3 Å². The maximum atomic E-state index is 12.5. The lowest BCUT2D eigenvalue weighted by atomic mass is 9.81. The molecule has 0 saturated carbocycles. The standard InChI is InChI=1S/C19H24N2O3/c1-2-10-21-14-19(18(23)24)13-20(12-16(19)17(21)22)11-6-9-15-7-4-3-5-8-15/h2-5,7-8,16H,1,6,9-14H2,(H,23,24)/t16-,19-/m0/s1. The van der Waals surface area contributed by atoms with Crippen molar-refractivity contribution in [2.45, 2.75) is 12.8 Å². The van der Waals surface area contributed by atoms with E-state index in [4.69, 9.17) is 0 Å². The first-order chi connectivity index (χ1) is 11.6. The lowest BCUT2D eigenvalue weighted by Gasteiger charge is -2.24. The Balaban J connectivity index is 1.61. The molecule has 3 rings (SSSR count). The number of nitrogens with zero attached hydrogens (tertiary/aromatic N) is 2. The molecular weight excluding hydrogens is 304 g/mol. The third kappa shape index (κ3) is 2.96. The van der Waals surface area contributed by atoms with E-state index in [2.05, 4.69) is 23.6 Å². The second-order valence-corrected chi connectivity index (χ2v) is 6.85. The molecule has 1 N–H and O–H groups in total. The maximum absolute atomic E-state index is 12.5. The Labute approximate surface area is 142 Å². The molecule has 2 atom stereocenters. The summed E-state index contributed by atoms with van der Waals surface area (Å²) in [7, 11) is 0. The van der Waals surface area contributed by atoms with Crippen molar-refractivity contribution in [3.05, 3.63) is 48.6 Å². The lowest BCUT2D eigenvalue weighted by molar-refractivity contribution is -0.149. The van der Waals surface area contributed by atoms with Crippen molar-refractivity contribution >= 4 is 11.9 Å². The number of aryl methyl sites for hydroxylation is 1. The number of aliphatic carboxylic acids is 1. The van der Waals surface area contributed by atoms with E-state index in [9.17, 15) is 14.7 Å². The Morgan fingerprint density at radius 3 is 2.71 bits per heavy atom. The van der Waals surface area contributed by atoms with Crippen molar-refractivity contribution in [3.63, 3.8) is 0 Å². The summed E-state index contributed by atoms with van der Waals surface area (Å²) in [6.07, 6.45) is 3.60. The molecule has 0 radical (unpaired) electrons. The fourth-order valence-corrected chi connectivity index (χ4v) is 4.04. The minimum atomic E-state index is -0.952. The summed E-state index contributed by atoms with van der Waals surface area (Å²) in [5.41, 5.74) is 0.338. The summed E-state index contributed by atoms with van der Waals surface area (Å²) in [5.74, 6) is -1.31.